The Morgan fingerprint density at radius 2 is 2.17 bits per heavy atom. The first-order chi connectivity index (χ1) is 8.72. The minimum absolute atomic E-state index is 0.746. The van der Waals surface area contributed by atoms with Gasteiger partial charge in [0.2, 0.25) is 0 Å². The maximum Gasteiger partial charge on any atom is 0.139 e. The van der Waals surface area contributed by atoms with Gasteiger partial charge >= 0.3 is 0 Å². The first kappa shape index (κ1) is 13.0. The van der Waals surface area contributed by atoms with E-state index in [-0.39, 0.29) is 0 Å². The molecule has 1 aromatic carbocycles. The zero-order valence-corrected chi connectivity index (χ0v) is 11.6. The predicted molar refractivity (Wildman–Crippen MR) is 80.2 cm³/mol. The number of aromatic nitrogens is 2. The van der Waals surface area contributed by atoms with Gasteiger partial charge in [-0.15, -0.1) is 0 Å². The number of nitrogens with zero attached hydrogens (tertiary/aromatic N) is 3. The summed E-state index contributed by atoms with van der Waals surface area (Å²) in [5.74, 6) is 2.11. The van der Waals surface area contributed by atoms with Gasteiger partial charge in [0, 0.05) is 24.7 Å². The van der Waals surface area contributed by atoms with E-state index in [1.807, 2.05) is 30.0 Å². The molecule has 0 atom stereocenters. The van der Waals surface area contributed by atoms with Gasteiger partial charge in [-0.05, 0) is 36.6 Å². The third-order valence-electron chi connectivity index (χ3n) is 2.84. The molecule has 2 N–H and O–H groups in total. The van der Waals surface area contributed by atoms with Gasteiger partial charge in [-0.3, -0.25) is 0 Å². The quantitative estimate of drug-likeness (QED) is 0.662. The summed E-state index contributed by atoms with van der Waals surface area (Å²) in [4.78, 5) is 10.8. The van der Waals surface area contributed by atoms with Crippen molar-refractivity contribution in [1.82, 2.24) is 9.97 Å². The standard InChI is InChI=1S/C13H18N4S/c1-17(6-3-7-18-2)13-11-8-10(14)4-5-12(11)15-9-16-13/h4-5,8-9H,3,6-7,14H2,1-2H3. The number of thioether (sulfide) groups is 1. The van der Waals surface area contributed by atoms with Crippen molar-refractivity contribution in [2.24, 2.45) is 0 Å². The fourth-order valence-corrected chi connectivity index (χ4v) is 2.33. The number of rotatable bonds is 5. The van der Waals surface area contributed by atoms with E-state index >= 15 is 0 Å². The van der Waals surface area contributed by atoms with Gasteiger partial charge in [0.1, 0.15) is 12.1 Å². The molecule has 0 spiro atoms. The van der Waals surface area contributed by atoms with Crippen molar-refractivity contribution in [3.05, 3.63) is 24.5 Å². The Balaban J connectivity index is 2.29. The third kappa shape index (κ3) is 2.85. The first-order valence-corrected chi connectivity index (χ1v) is 7.32. The van der Waals surface area contributed by atoms with Gasteiger partial charge in [0.15, 0.2) is 0 Å². The molecule has 2 rings (SSSR count). The molecule has 0 aliphatic rings. The number of fused-ring (bicyclic) bond motifs is 1. The average Bonchev–Trinajstić information content (AvgIpc) is 2.38. The number of benzene rings is 1. The molecule has 2 aromatic rings. The summed E-state index contributed by atoms with van der Waals surface area (Å²) in [5.41, 5.74) is 7.52. The second-order valence-electron chi connectivity index (χ2n) is 4.24. The van der Waals surface area contributed by atoms with Gasteiger partial charge in [-0.25, -0.2) is 9.97 Å². The van der Waals surface area contributed by atoms with Crippen molar-refractivity contribution in [2.45, 2.75) is 6.42 Å². The molecule has 0 saturated heterocycles. The molecule has 0 aliphatic carbocycles. The maximum atomic E-state index is 5.84. The van der Waals surface area contributed by atoms with Crippen molar-refractivity contribution < 1.29 is 0 Å². The van der Waals surface area contributed by atoms with E-state index in [0.29, 0.717) is 0 Å². The Morgan fingerprint density at radius 1 is 1.33 bits per heavy atom. The van der Waals surface area contributed by atoms with E-state index in [1.165, 1.54) is 0 Å². The van der Waals surface area contributed by atoms with Crippen LogP contribution in [-0.4, -0.2) is 35.6 Å². The molecule has 0 aliphatic heterocycles. The molecule has 0 fully saturated rings. The fourth-order valence-electron chi connectivity index (χ4n) is 1.92. The van der Waals surface area contributed by atoms with Crippen LogP contribution in [0.1, 0.15) is 6.42 Å². The van der Waals surface area contributed by atoms with Crippen LogP contribution < -0.4 is 10.6 Å². The van der Waals surface area contributed by atoms with Crippen LogP contribution in [0.4, 0.5) is 11.5 Å². The summed E-state index contributed by atoms with van der Waals surface area (Å²) in [6.07, 6.45) is 4.88. The van der Waals surface area contributed by atoms with Crippen LogP contribution in [0.25, 0.3) is 10.9 Å². The molecule has 1 aromatic heterocycles. The van der Waals surface area contributed by atoms with Crippen LogP contribution >= 0.6 is 11.8 Å². The average molecular weight is 262 g/mol. The summed E-state index contributed by atoms with van der Waals surface area (Å²) >= 11 is 1.87. The van der Waals surface area contributed by atoms with Gasteiger partial charge in [-0.2, -0.15) is 11.8 Å². The van der Waals surface area contributed by atoms with E-state index in [1.54, 1.807) is 6.33 Å². The molecule has 18 heavy (non-hydrogen) atoms. The van der Waals surface area contributed by atoms with E-state index in [9.17, 15) is 0 Å². The van der Waals surface area contributed by atoms with Crippen molar-refractivity contribution in [3.63, 3.8) is 0 Å². The molecule has 0 bridgehead atoms. The van der Waals surface area contributed by atoms with Crippen LogP contribution in [0.2, 0.25) is 0 Å². The lowest BCUT2D eigenvalue weighted by Gasteiger charge is -2.19. The number of nitrogen functional groups attached to an aromatic ring is 1. The normalized spacial score (nSPS) is 10.8. The third-order valence-corrected chi connectivity index (χ3v) is 3.54. The Hall–Kier alpha value is -1.49. The molecule has 0 amide bonds. The van der Waals surface area contributed by atoms with Crippen molar-refractivity contribution in [2.75, 3.05) is 36.2 Å². The van der Waals surface area contributed by atoms with Gasteiger partial charge in [0.25, 0.3) is 0 Å². The highest BCUT2D eigenvalue weighted by molar-refractivity contribution is 7.98. The van der Waals surface area contributed by atoms with E-state index in [4.69, 9.17) is 5.73 Å². The predicted octanol–water partition coefficient (Wildman–Crippen LogP) is 2.40. The molecule has 1 heterocycles. The zero-order valence-electron chi connectivity index (χ0n) is 10.8. The Morgan fingerprint density at radius 3 is 2.94 bits per heavy atom. The van der Waals surface area contributed by atoms with Crippen LogP contribution in [-0.2, 0) is 0 Å². The highest BCUT2D eigenvalue weighted by atomic mass is 32.2. The van der Waals surface area contributed by atoms with Gasteiger partial charge in [0.05, 0.1) is 5.52 Å². The SMILES string of the molecule is CSCCCN(C)c1ncnc2ccc(N)cc12. The molecule has 0 unspecified atom stereocenters. The second-order valence-corrected chi connectivity index (χ2v) is 5.23. The summed E-state index contributed by atoms with van der Waals surface area (Å²) < 4.78 is 0. The molecular formula is C13H18N4S. The number of anilines is 2. The molecule has 0 saturated carbocycles. The van der Waals surface area contributed by atoms with Crippen molar-refractivity contribution in [3.8, 4) is 0 Å². The molecule has 4 nitrogen and oxygen atoms in total. The highest BCUT2D eigenvalue weighted by Gasteiger charge is 2.08. The molecule has 96 valence electrons. The van der Waals surface area contributed by atoms with Gasteiger partial charge in [-0.1, -0.05) is 0 Å². The molecule has 5 heteroatoms. The Bertz CT molecular complexity index is 529. The van der Waals surface area contributed by atoms with Gasteiger partial charge < -0.3 is 10.6 Å². The van der Waals surface area contributed by atoms with Crippen LogP contribution in [0, 0.1) is 0 Å². The van der Waals surface area contributed by atoms with E-state index in [2.05, 4.69) is 28.2 Å². The van der Waals surface area contributed by atoms with E-state index in [0.717, 1.165) is 41.1 Å². The smallest absolute Gasteiger partial charge is 0.139 e. The Kier molecular flexibility index (Phi) is 4.25. The lowest BCUT2D eigenvalue weighted by molar-refractivity contribution is 0.847. The maximum absolute atomic E-state index is 5.84. The summed E-state index contributed by atoms with van der Waals surface area (Å²) in [6.45, 7) is 0.988. The lowest BCUT2D eigenvalue weighted by atomic mass is 10.2. The topological polar surface area (TPSA) is 55.0 Å². The fraction of sp³-hybridized carbons (Fsp3) is 0.385. The minimum atomic E-state index is 0.746. The molecular weight excluding hydrogens is 244 g/mol. The van der Waals surface area contributed by atoms with Crippen LogP contribution in [0.3, 0.4) is 0 Å². The van der Waals surface area contributed by atoms with Crippen molar-refractivity contribution in [1.29, 1.82) is 0 Å². The first-order valence-electron chi connectivity index (χ1n) is 5.92. The number of hydrogen-bond acceptors (Lipinski definition) is 5. The second kappa shape index (κ2) is 5.91. The lowest BCUT2D eigenvalue weighted by Crippen LogP contribution is -2.20. The van der Waals surface area contributed by atoms with Crippen LogP contribution in [0.5, 0.6) is 0 Å². The van der Waals surface area contributed by atoms with E-state index < -0.39 is 0 Å². The monoisotopic (exact) mass is 262 g/mol. The largest absolute Gasteiger partial charge is 0.399 e. The van der Waals surface area contributed by atoms with Crippen LogP contribution in [0.15, 0.2) is 24.5 Å². The number of hydrogen-bond donors (Lipinski definition) is 1. The summed E-state index contributed by atoms with van der Waals surface area (Å²) in [5, 5.41) is 1.02. The summed E-state index contributed by atoms with van der Waals surface area (Å²) in [7, 11) is 2.06. The Labute approximate surface area is 112 Å². The zero-order chi connectivity index (χ0) is 13.0. The molecule has 0 radical (unpaired) electrons. The van der Waals surface area contributed by atoms with Crippen molar-refractivity contribution >= 4 is 34.2 Å². The number of nitrogens with two attached hydrogens (primary N) is 1. The highest BCUT2D eigenvalue weighted by Crippen LogP contribution is 2.24. The summed E-state index contributed by atoms with van der Waals surface area (Å²) in [6, 6.07) is 5.74. The minimum Gasteiger partial charge on any atom is -0.399 e.